The first-order valence-corrected chi connectivity index (χ1v) is 7.42. The normalized spacial score (nSPS) is 35.5. The van der Waals surface area contributed by atoms with E-state index >= 15 is 0 Å². The van der Waals surface area contributed by atoms with E-state index in [2.05, 4.69) is 6.92 Å². The maximum Gasteiger partial charge on any atom is 0.111 e. The molecule has 0 bridgehead atoms. The second-order valence-corrected chi connectivity index (χ2v) is 5.42. The summed E-state index contributed by atoms with van der Waals surface area (Å²) in [5.41, 5.74) is 0. The summed E-state index contributed by atoms with van der Waals surface area (Å²) in [4.78, 5) is 0. The Morgan fingerprint density at radius 1 is 0.789 bits per heavy atom. The molecule has 0 saturated carbocycles. The molecule has 5 atom stereocenters. The van der Waals surface area contributed by atoms with E-state index in [-0.39, 0.29) is 6.61 Å². The molecule has 1 rings (SSSR count). The van der Waals surface area contributed by atoms with Gasteiger partial charge in [0.05, 0.1) is 12.7 Å². The van der Waals surface area contributed by atoms with E-state index in [0.29, 0.717) is 6.42 Å². The summed E-state index contributed by atoms with van der Waals surface area (Å²) in [6.07, 6.45) is 2.67. The monoisotopic (exact) mass is 276 g/mol. The average molecular weight is 276 g/mol. The minimum atomic E-state index is -1.24. The minimum absolute atomic E-state index is 0.349. The summed E-state index contributed by atoms with van der Waals surface area (Å²) in [7, 11) is 0. The molecule has 5 unspecified atom stereocenters. The zero-order valence-corrected chi connectivity index (χ0v) is 11.7. The number of unbranched alkanes of at least 4 members (excludes halogenated alkanes) is 5. The van der Waals surface area contributed by atoms with Crippen molar-refractivity contribution >= 4 is 0 Å². The number of aliphatic hydroxyl groups excluding tert-OH is 4. The van der Waals surface area contributed by atoms with Crippen LogP contribution in [0.3, 0.4) is 0 Å². The van der Waals surface area contributed by atoms with Gasteiger partial charge in [0.2, 0.25) is 0 Å². The minimum Gasteiger partial charge on any atom is -0.394 e. The van der Waals surface area contributed by atoms with Gasteiger partial charge in [0.1, 0.15) is 24.4 Å². The van der Waals surface area contributed by atoms with Crippen LogP contribution in [0.1, 0.15) is 51.9 Å². The molecule has 19 heavy (non-hydrogen) atoms. The van der Waals surface area contributed by atoms with Crippen molar-refractivity contribution < 1.29 is 25.2 Å². The second-order valence-electron chi connectivity index (χ2n) is 5.42. The second kappa shape index (κ2) is 8.87. The van der Waals surface area contributed by atoms with Crippen LogP contribution >= 0.6 is 0 Å². The molecular formula is C14H28O5. The van der Waals surface area contributed by atoms with Crippen LogP contribution in [0.25, 0.3) is 0 Å². The van der Waals surface area contributed by atoms with E-state index in [4.69, 9.17) is 9.84 Å². The van der Waals surface area contributed by atoms with Crippen LogP contribution in [0.4, 0.5) is 0 Å². The van der Waals surface area contributed by atoms with Gasteiger partial charge in [0.25, 0.3) is 0 Å². The highest BCUT2D eigenvalue weighted by atomic mass is 16.5. The van der Waals surface area contributed by atoms with E-state index in [1.807, 2.05) is 0 Å². The molecule has 0 spiro atoms. The molecule has 1 fully saturated rings. The van der Waals surface area contributed by atoms with Gasteiger partial charge >= 0.3 is 0 Å². The third-order valence-corrected chi connectivity index (χ3v) is 3.83. The standard InChI is InChI=1S/C14H28O5/c1-2-3-4-5-6-7-8-10-12(16)14(18)13(17)11(9-15)19-10/h10-18H,2-9H2,1H3. The summed E-state index contributed by atoms with van der Waals surface area (Å²) < 4.78 is 5.45. The number of aliphatic hydroxyl groups is 4. The SMILES string of the molecule is CCCCCCCCC1OC(CO)C(O)C(O)C1O. The summed E-state index contributed by atoms with van der Waals surface area (Å²) in [5, 5.41) is 38.2. The molecule has 0 aliphatic carbocycles. The fourth-order valence-electron chi connectivity index (χ4n) is 2.54. The first kappa shape index (κ1) is 16.9. The van der Waals surface area contributed by atoms with E-state index in [1.165, 1.54) is 25.7 Å². The molecule has 0 aromatic heterocycles. The fraction of sp³-hybridized carbons (Fsp3) is 1.00. The average Bonchev–Trinajstić information content (AvgIpc) is 2.42. The Kier molecular flexibility index (Phi) is 7.87. The van der Waals surface area contributed by atoms with Crippen molar-refractivity contribution in [2.24, 2.45) is 0 Å². The molecule has 114 valence electrons. The summed E-state index contributed by atoms with van der Waals surface area (Å²) in [6.45, 7) is 1.83. The van der Waals surface area contributed by atoms with Gasteiger partial charge in [-0.2, -0.15) is 0 Å². The first-order chi connectivity index (χ1) is 9.11. The Bertz CT molecular complexity index is 234. The zero-order chi connectivity index (χ0) is 14.3. The highest BCUT2D eigenvalue weighted by Gasteiger charge is 2.42. The number of hydrogen-bond acceptors (Lipinski definition) is 5. The van der Waals surface area contributed by atoms with Gasteiger partial charge in [0, 0.05) is 0 Å². The maximum atomic E-state index is 9.85. The van der Waals surface area contributed by atoms with Crippen LogP contribution in [0.2, 0.25) is 0 Å². The Morgan fingerprint density at radius 2 is 1.37 bits per heavy atom. The highest BCUT2D eigenvalue weighted by molar-refractivity contribution is 4.91. The van der Waals surface area contributed by atoms with E-state index < -0.39 is 30.5 Å². The molecule has 1 saturated heterocycles. The number of hydrogen-bond donors (Lipinski definition) is 4. The fourth-order valence-corrected chi connectivity index (χ4v) is 2.54. The molecule has 5 nitrogen and oxygen atoms in total. The summed E-state index contributed by atoms with van der Waals surface area (Å²) >= 11 is 0. The van der Waals surface area contributed by atoms with Crippen molar-refractivity contribution in [3.8, 4) is 0 Å². The van der Waals surface area contributed by atoms with Gasteiger partial charge in [-0.1, -0.05) is 45.4 Å². The lowest BCUT2D eigenvalue weighted by Gasteiger charge is -2.40. The molecule has 1 aliphatic heterocycles. The van der Waals surface area contributed by atoms with Crippen LogP contribution in [0, 0.1) is 0 Å². The summed E-state index contributed by atoms with van der Waals surface area (Å²) in [5.74, 6) is 0. The third-order valence-electron chi connectivity index (χ3n) is 3.83. The molecule has 1 aliphatic rings. The topological polar surface area (TPSA) is 90.2 Å². The Balaban J connectivity index is 2.28. The molecule has 1 heterocycles. The van der Waals surface area contributed by atoms with E-state index in [9.17, 15) is 15.3 Å². The Morgan fingerprint density at radius 3 is 2.00 bits per heavy atom. The van der Waals surface area contributed by atoms with Crippen LogP contribution in [-0.2, 0) is 4.74 Å². The molecule has 0 amide bonds. The maximum absolute atomic E-state index is 9.85. The van der Waals surface area contributed by atoms with Crippen molar-refractivity contribution in [3.05, 3.63) is 0 Å². The molecule has 0 aromatic carbocycles. The van der Waals surface area contributed by atoms with E-state index in [0.717, 1.165) is 12.8 Å². The van der Waals surface area contributed by atoms with Crippen LogP contribution in [0.15, 0.2) is 0 Å². The third kappa shape index (κ3) is 5.00. The van der Waals surface area contributed by atoms with Crippen molar-refractivity contribution in [3.63, 3.8) is 0 Å². The lowest BCUT2D eigenvalue weighted by Crippen LogP contribution is -2.58. The highest BCUT2D eigenvalue weighted by Crippen LogP contribution is 2.24. The predicted molar refractivity (Wildman–Crippen MR) is 71.8 cm³/mol. The lowest BCUT2D eigenvalue weighted by atomic mass is 9.92. The van der Waals surface area contributed by atoms with Gasteiger partial charge in [-0.05, 0) is 6.42 Å². The molecule has 5 heteroatoms. The van der Waals surface area contributed by atoms with Gasteiger partial charge in [-0.25, -0.2) is 0 Å². The smallest absolute Gasteiger partial charge is 0.111 e. The number of ether oxygens (including phenoxy) is 1. The molecular weight excluding hydrogens is 248 g/mol. The summed E-state index contributed by atoms with van der Waals surface area (Å²) in [6, 6.07) is 0. The lowest BCUT2D eigenvalue weighted by molar-refractivity contribution is -0.230. The Hall–Kier alpha value is -0.200. The van der Waals surface area contributed by atoms with Crippen molar-refractivity contribution in [2.45, 2.75) is 82.4 Å². The van der Waals surface area contributed by atoms with Gasteiger partial charge in [-0.15, -0.1) is 0 Å². The molecule has 0 radical (unpaired) electrons. The van der Waals surface area contributed by atoms with Crippen molar-refractivity contribution in [2.75, 3.05) is 6.61 Å². The largest absolute Gasteiger partial charge is 0.394 e. The van der Waals surface area contributed by atoms with Crippen LogP contribution in [0.5, 0.6) is 0 Å². The van der Waals surface area contributed by atoms with Gasteiger partial charge in [-0.3, -0.25) is 0 Å². The van der Waals surface area contributed by atoms with Gasteiger partial charge < -0.3 is 25.2 Å². The zero-order valence-electron chi connectivity index (χ0n) is 11.7. The molecule has 4 N–H and O–H groups in total. The van der Waals surface area contributed by atoms with E-state index in [1.54, 1.807) is 0 Å². The Labute approximate surface area is 115 Å². The first-order valence-electron chi connectivity index (χ1n) is 7.42. The van der Waals surface area contributed by atoms with Gasteiger partial charge in [0.15, 0.2) is 0 Å². The molecule has 0 aromatic rings. The van der Waals surface area contributed by atoms with Crippen LogP contribution < -0.4 is 0 Å². The quantitative estimate of drug-likeness (QED) is 0.487. The van der Waals surface area contributed by atoms with Crippen LogP contribution in [-0.4, -0.2) is 57.6 Å². The predicted octanol–water partition coefficient (Wildman–Crippen LogP) is 0.579. The van der Waals surface area contributed by atoms with Crippen molar-refractivity contribution in [1.82, 2.24) is 0 Å². The van der Waals surface area contributed by atoms with Crippen molar-refractivity contribution in [1.29, 1.82) is 0 Å². The number of rotatable bonds is 8.